The summed E-state index contributed by atoms with van der Waals surface area (Å²) >= 11 is 0. The molecule has 0 radical (unpaired) electrons. The summed E-state index contributed by atoms with van der Waals surface area (Å²) in [6.45, 7) is 2.78. The van der Waals surface area contributed by atoms with E-state index in [9.17, 15) is 9.90 Å². The number of hydrogen-bond donors (Lipinski definition) is 1. The highest BCUT2D eigenvalue weighted by atomic mass is 16.3. The first kappa shape index (κ1) is 15.5. The number of amides is 1. The highest BCUT2D eigenvalue weighted by Gasteiger charge is 2.44. The Morgan fingerprint density at radius 2 is 2.23 bits per heavy atom. The molecule has 2 fully saturated rings. The number of likely N-dealkylation sites (tertiary alicyclic amines) is 1. The summed E-state index contributed by atoms with van der Waals surface area (Å²) in [5.41, 5.74) is 0.323. The molecular formula is C17H27N3O2. The van der Waals surface area contributed by atoms with Gasteiger partial charge in [-0.25, -0.2) is 0 Å². The van der Waals surface area contributed by atoms with Crippen LogP contribution in [-0.4, -0.2) is 43.9 Å². The quantitative estimate of drug-likeness (QED) is 0.928. The smallest absolute Gasteiger partial charge is 0.228 e. The lowest BCUT2D eigenvalue weighted by molar-refractivity contribution is -0.136. The Bertz CT molecular complexity index is 538. The average Bonchev–Trinajstić information content (AvgIpc) is 3.08. The van der Waals surface area contributed by atoms with Gasteiger partial charge in [0.25, 0.3) is 0 Å². The number of nitrogens with zero attached hydrogens (tertiary/aromatic N) is 3. The number of aryl methyl sites for hydroxylation is 1. The lowest BCUT2D eigenvalue weighted by atomic mass is 9.72. The van der Waals surface area contributed by atoms with Gasteiger partial charge < -0.3 is 10.0 Å². The van der Waals surface area contributed by atoms with Gasteiger partial charge in [0.1, 0.15) is 0 Å². The molecule has 0 unspecified atom stereocenters. The molecule has 5 heteroatoms. The second-order valence-corrected chi connectivity index (χ2v) is 7.13. The van der Waals surface area contributed by atoms with Crippen LogP contribution >= 0.6 is 0 Å². The zero-order chi connectivity index (χ0) is 15.7. The van der Waals surface area contributed by atoms with Crippen molar-refractivity contribution in [1.82, 2.24) is 14.7 Å². The van der Waals surface area contributed by atoms with E-state index >= 15 is 0 Å². The van der Waals surface area contributed by atoms with Gasteiger partial charge in [-0.05, 0) is 38.7 Å². The van der Waals surface area contributed by atoms with Gasteiger partial charge in [-0.3, -0.25) is 9.48 Å². The van der Waals surface area contributed by atoms with Crippen LogP contribution in [-0.2, 0) is 18.3 Å². The molecule has 1 amide bonds. The number of rotatable bonds is 3. The summed E-state index contributed by atoms with van der Waals surface area (Å²) in [4.78, 5) is 14.8. The summed E-state index contributed by atoms with van der Waals surface area (Å²) in [5.74, 6) is 0.395. The van der Waals surface area contributed by atoms with E-state index in [1.54, 1.807) is 10.9 Å². The summed E-state index contributed by atoms with van der Waals surface area (Å²) in [7, 11) is 1.87. The number of carbonyl (C=O) groups excluding carboxylic acids is 1. The van der Waals surface area contributed by atoms with Crippen molar-refractivity contribution in [3.63, 3.8) is 0 Å². The SMILES string of the molecule is Cn1nccc1CC(=O)N1CCC[C@@H]1[C@@H]1CCCC[C@@]1(C)O. The molecule has 5 nitrogen and oxygen atoms in total. The molecule has 3 rings (SSSR count). The van der Waals surface area contributed by atoms with Crippen LogP contribution in [0.1, 0.15) is 51.1 Å². The Hall–Kier alpha value is -1.36. The number of hydrogen-bond acceptors (Lipinski definition) is 3. The molecule has 2 aliphatic rings. The van der Waals surface area contributed by atoms with Gasteiger partial charge in [-0.15, -0.1) is 0 Å². The van der Waals surface area contributed by atoms with Crippen LogP contribution in [0.4, 0.5) is 0 Å². The van der Waals surface area contributed by atoms with Gasteiger partial charge in [-0.2, -0.15) is 5.10 Å². The van der Waals surface area contributed by atoms with Gasteiger partial charge in [0.05, 0.1) is 12.0 Å². The van der Waals surface area contributed by atoms with Crippen molar-refractivity contribution >= 4 is 5.91 Å². The molecule has 1 aliphatic heterocycles. The predicted octanol–water partition coefficient (Wildman–Crippen LogP) is 1.89. The van der Waals surface area contributed by atoms with E-state index < -0.39 is 5.60 Å². The van der Waals surface area contributed by atoms with Crippen molar-refractivity contribution in [2.24, 2.45) is 13.0 Å². The van der Waals surface area contributed by atoms with E-state index in [2.05, 4.69) is 5.10 Å². The minimum Gasteiger partial charge on any atom is -0.390 e. The summed E-state index contributed by atoms with van der Waals surface area (Å²) < 4.78 is 1.76. The van der Waals surface area contributed by atoms with Crippen LogP contribution in [0, 0.1) is 5.92 Å². The highest BCUT2D eigenvalue weighted by molar-refractivity contribution is 5.79. The molecule has 1 saturated heterocycles. The Labute approximate surface area is 132 Å². The summed E-state index contributed by atoms with van der Waals surface area (Å²) in [6, 6.07) is 2.11. The molecule has 1 aromatic rings. The van der Waals surface area contributed by atoms with E-state index in [1.807, 2.05) is 24.9 Å². The van der Waals surface area contributed by atoms with Crippen molar-refractivity contribution in [1.29, 1.82) is 0 Å². The van der Waals surface area contributed by atoms with Gasteiger partial charge in [0, 0.05) is 37.4 Å². The van der Waals surface area contributed by atoms with Crippen LogP contribution in [0.15, 0.2) is 12.3 Å². The minimum absolute atomic E-state index is 0.174. The van der Waals surface area contributed by atoms with E-state index in [1.165, 1.54) is 6.42 Å². The largest absolute Gasteiger partial charge is 0.390 e. The molecule has 1 N–H and O–H groups in total. The van der Waals surface area contributed by atoms with E-state index in [0.717, 1.165) is 44.3 Å². The Balaban J connectivity index is 1.72. The lowest BCUT2D eigenvalue weighted by Crippen LogP contribution is -2.50. The zero-order valence-corrected chi connectivity index (χ0v) is 13.7. The Kier molecular flexibility index (Phi) is 4.26. The first-order valence-electron chi connectivity index (χ1n) is 8.48. The standard InChI is InChI=1S/C17H27N3O2/c1-17(22)9-4-3-6-14(17)15-7-5-11-20(15)16(21)12-13-8-10-18-19(13)2/h8,10,14-15,22H,3-7,9,11-12H2,1-2H3/t14-,15+,17+/m0/s1. The van der Waals surface area contributed by atoms with Crippen LogP contribution < -0.4 is 0 Å². The van der Waals surface area contributed by atoms with Gasteiger partial charge in [0.2, 0.25) is 5.91 Å². The molecule has 2 heterocycles. The van der Waals surface area contributed by atoms with Crippen molar-refractivity contribution in [3.8, 4) is 0 Å². The van der Waals surface area contributed by atoms with Crippen molar-refractivity contribution < 1.29 is 9.90 Å². The molecule has 22 heavy (non-hydrogen) atoms. The normalized spacial score (nSPS) is 32.4. The van der Waals surface area contributed by atoms with Crippen molar-refractivity contribution in [2.75, 3.05) is 6.54 Å². The fraction of sp³-hybridized carbons (Fsp3) is 0.765. The van der Waals surface area contributed by atoms with E-state index in [0.29, 0.717) is 6.42 Å². The first-order chi connectivity index (χ1) is 10.5. The maximum atomic E-state index is 12.7. The summed E-state index contributed by atoms with van der Waals surface area (Å²) in [5, 5.41) is 14.9. The maximum Gasteiger partial charge on any atom is 0.228 e. The number of aromatic nitrogens is 2. The third-order valence-corrected chi connectivity index (χ3v) is 5.59. The molecular weight excluding hydrogens is 278 g/mol. The monoisotopic (exact) mass is 305 g/mol. The topological polar surface area (TPSA) is 58.4 Å². The zero-order valence-electron chi connectivity index (χ0n) is 13.7. The molecule has 0 spiro atoms. The summed E-state index contributed by atoms with van der Waals surface area (Å²) in [6.07, 6.45) is 8.37. The molecule has 3 atom stereocenters. The third-order valence-electron chi connectivity index (χ3n) is 5.59. The molecule has 1 aliphatic carbocycles. The van der Waals surface area contributed by atoms with Gasteiger partial charge in [-0.1, -0.05) is 12.8 Å². The molecule has 1 aromatic heterocycles. The Morgan fingerprint density at radius 1 is 1.41 bits per heavy atom. The predicted molar refractivity (Wildman–Crippen MR) is 84.2 cm³/mol. The highest BCUT2D eigenvalue weighted by Crippen LogP contribution is 2.40. The van der Waals surface area contributed by atoms with Crippen LogP contribution in [0.3, 0.4) is 0 Å². The third kappa shape index (κ3) is 2.91. The van der Waals surface area contributed by atoms with Crippen molar-refractivity contribution in [2.45, 2.75) is 63.5 Å². The van der Waals surface area contributed by atoms with Crippen molar-refractivity contribution in [3.05, 3.63) is 18.0 Å². The fourth-order valence-electron chi connectivity index (χ4n) is 4.30. The van der Waals surface area contributed by atoms with Crippen LogP contribution in [0.25, 0.3) is 0 Å². The van der Waals surface area contributed by atoms with Gasteiger partial charge >= 0.3 is 0 Å². The Morgan fingerprint density at radius 3 is 2.91 bits per heavy atom. The number of aliphatic hydroxyl groups is 1. The van der Waals surface area contributed by atoms with Crippen LogP contribution in [0.2, 0.25) is 0 Å². The molecule has 1 saturated carbocycles. The average molecular weight is 305 g/mol. The molecule has 0 aromatic carbocycles. The number of carbonyl (C=O) groups is 1. The van der Waals surface area contributed by atoms with Gasteiger partial charge in [0.15, 0.2) is 0 Å². The second kappa shape index (κ2) is 6.03. The maximum absolute atomic E-state index is 12.7. The lowest BCUT2D eigenvalue weighted by Gasteiger charge is -2.43. The minimum atomic E-state index is -0.627. The first-order valence-corrected chi connectivity index (χ1v) is 8.48. The van der Waals surface area contributed by atoms with E-state index in [-0.39, 0.29) is 17.9 Å². The van der Waals surface area contributed by atoms with Crippen LogP contribution in [0.5, 0.6) is 0 Å². The fourth-order valence-corrected chi connectivity index (χ4v) is 4.30. The molecule has 122 valence electrons. The molecule has 0 bridgehead atoms. The second-order valence-electron chi connectivity index (χ2n) is 7.13. The van der Waals surface area contributed by atoms with E-state index in [4.69, 9.17) is 0 Å².